The molecule has 1 aliphatic heterocycles. The predicted octanol–water partition coefficient (Wildman–Crippen LogP) is 2.06. The van der Waals surface area contributed by atoms with Gasteiger partial charge in [0.05, 0.1) is 24.1 Å². The first kappa shape index (κ1) is 20.3. The van der Waals surface area contributed by atoms with Crippen LogP contribution in [0.15, 0.2) is 36.4 Å². The number of hydrogen-bond donors (Lipinski definition) is 2. The summed E-state index contributed by atoms with van der Waals surface area (Å²) in [6.45, 7) is 7.64. The van der Waals surface area contributed by atoms with Crippen LogP contribution in [0.25, 0.3) is 11.3 Å². The third-order valence-corrected chi connectivity index (χ3v) is 5.55. The Balaban J connectivity index is 1.33. The molecule has 1 fully saturated rings. The van der Waals surface area contributed by atoms with Gasteiger partial charge in [0, 0.05) is 44.5 Å². The van der Waals surface area contributed by atoms with Crippen LogP contribution in [0.4, 0.5) is 0 Å². The smallest absolute Gasteiger partial charge is 0.269 e. The summed E-state index contributed by atoms with van der Waals surface area (Å²) in [6.07, 6.45) is -0.0309. The van der Waals surface area contributed by atoms with E-state index in [2.05, 4.69) is 49.8 Å². The van der Waals surface area contributed by atoms with Crippen molar-refractivity contribution in [3.8, 4) is 11.3 Å². The number of nitrogens with zero attached hydrogens (tertiary/aromatic N) is 4. The molecular weight excluding hydrogens is 380 g/mol. The number of carbonyl (C=O) groups excluding carboxylic acids is 1. The maximum Gasteiger partial charge on any atom is 0.269 e. The van der Waals surface area contributed by atoms with Crippen LogP contribution >= 0.6 is 0 Å². The Morgan fingerprint density at radius 3 is 2.83 bits per heavy atom. The van der Waals surface area contributed by atoms with Crippen molar-refractivity contribution in [1.82, 2.24) is 30.2 Å². The highest BCUT2D eigenvalue weighted by Gasteiger charge is 2.22. The molecule has 0 saturated carbocycles. The Morgan fingerprint density at radius 2 is 2.10 bits per heavy atom. The molecule has 1 aliphatic rings. The molecule has 8 heteroatoms. The Labute approximate surface area is 176 Å². The molecule has 8 nitrogen and oxygen atoms in total. The summed E-state index contributed by atoms with van der Waals surface area (Å²) in [5, 5.41) is 14.6. The van der Waals surface area contributed by atoms with Crippen molar-refractivity contribution in [2.45, 2.75) is 26.5 Å². The van der Waals surface area contributed by atoms with Crippen LogP contribution in [0, 0.1) is 13.8 Å². The maximum atomic E-state index is 12.6. The lowest BCUT2D eigenvalue weighted by Gasteiger charge is -2.33. The lowest BCUT2D eigenvalue weighted by molar-refractivity contribution is -0.0292. The number of ether oxygens (including phenoxy) is 1. The predicted molar refractivity (Wildman–Crippen MR) is 114 cm³/mol. The van der Waals surface area contributed by atoms with E-state index in [1.54, 1.807) is 6.07 Å². The zero-order valence-electron chi connectivity index (χ0n) is 17.7. The van der Waals surface area contributed by atoms with E-state index in [9.17, 15) is 4.79 Å². The number of amides is 1. The second-order valence-corrected chi connectivity index (χ2v) is 7.76. The van der Waals surface area contributed by atoms with Crippen molar-refractivity contribution in [2.24, 2.45) is 7.05 Å². The van der Waals surface area contributed by atoms with Crippen molar-refractivity contribution in [2.75, 3.05) is 26.2 Å². The molecule has 1 saturated heterocycles. The molecule has 4 rings (SSSR count). The number of aromatic nitrogens is 4. The Hall–Kier alpha value is -2.97. The highest BCUT2D eigenvalue weighted by Crippen LogP contribution is 2.25. The van der Waals surface area contributed by atoms with Crippen LogP contribution in [0.1, 0.15) is 27.4 Å². The minimum atomic E-state index is -0.184. The molecule has 3 heterocycles. The number of hydrogen-bond acceptors (Lipinski definition) is 5. The van der Waals surface area contributed by atoms with E-state index in [0.717, 1.165) is 42.3 Å². The number of nitrogens with one attached hydrogen (secondary N) is 2. The molecule has 1 unspecified atom stereocenters. The van der Waals surface area contributed by atoms with Gasteiger partial charge >= 0.3 is 0 Å². The van der Waals surface area contributed by atoms with E-state index in [0.29, 0.717) is 18.8 Å². The van der Waals surface area contributed by atoms with Gasteiger partial charge in [-0.05, 0) is 25.5 Å². The molecule has 30 heavy (non-hydrogen) atoms. The molecule has 0 radical (unpaired) electrons. The molecule has 1 aromatic carbocycles. The van der Waals surface area contributed by atoms with Crippen molar-refractivity contribution in [1.29, 1.82) is 0 Å². The lowest BCUT2D eigenvalue weighted by atomic mass is 10.1. The van der Waals surface area contributed by atoms with Crippen LogP contribution in [-0.4, -0.2) is 63.1 Å². The summed E-state index contributed by atoms with van der Waals surface area (Å²) in [5.74, 6) is -0.184. The van der Waals surface area contributed by atoms with Crippen molar-refractivity contribution < 1.29 is 9.53 Å². The van der Waals surface area contributed by atoms with E-state index < -0.39 is 0 Å². The molecule has 1 atom stereocenters. The molecular formula is C22H28N6O2. The number of carbonyl (C=O) groups is 1. The number of morpholine rings is 1. The first-order chi connectivity index (χ1) is 14.5. The van der Waals surface area contributed by atoms with Gasteiger partial charge in [-0.25, -0.2) is 0 Å². The Morgan fingerprint density at radius 1 is 1.30 bits per heavy atom. The van der Waals surface area contributed by atoms with Crippen molar-refractivity contribution >= 4 is 5.91 Å². The highest BCUT2D eigenvalue weighted by molar-refractivity contribution is 5.93. The molecule has 2 aromatic heterocycles. The molecule has 3 aromatic rings. The molecule has 158 valence electrons. The fraction of sp³-hybridized carbons (Fsp3) is 0.409. The quantitative estimate of drug-likeness (QED) is 0.652. The fourth-order valence-corrected chi connectivity index (χ4v) is 3.90. The molecule has 0 bridgehead atoms. The van der Waals surface area contributed by atoms with Gasteiger partial charge in [0.25, 0.3) is 5.91 Å². The normalized spacial score (nSPS) is 17.2. The minimum absolute atomic E-state index is 0.0309. The molecule has 2 N–H and O–H groups in total. The molecule has 0 aliphatic carbocycles. The van der Waals surface area contributed by atoms with Gasteiger partial charge in [-0.3, -0.25) is 19.5 Å². The summed E-state index contributed by atoms with van der Waals surface area (Å²) >= 11 is 0. The van der Waals surface area contributed by atoms with Crippen LogP contribution in [-0.2, 0) is 18.3 Å². The van der Waals surface area contributed by atoms with Gasteiger partial charge in [0.15, 0.2) is 0 Å². The highest BCUT2D eigenvalue weighted by atomic mass is 16.5. The second kappa shape index (κ2) is 8.81. The van der Waals surface area contributed by atoms with E-state index >= 15 is 0 Å². The van der Waals surface area contributed by atoms with Crippen LogP contribution in [0.3, 0.4) is 0 Å². The van der Waals surface area contributed by atoms with Gasteiger partial charge in [-0.2, -0.15) is 10.2 Å². The summed E-state index contributed by atoms with van der Waals surface area (Å²) in [5.41, 5.74) is 5.31. The van der Waals surface area contributed by atoms with Gasteiger partial charge in [0.2, 0.25) is 0 Å². The third kappa shape index (κ3) is 4.44. The fourth-order valence-electron chi connectivity index (χ4n) is 3.90. The second-order valence-electron chi connectivity index (χ2n) is 7.76. The number of benzene rings is 1. The minimum Gasteiger partial charge on any atom is -0.374 e. The SMILES string of the molecule is Cc1nn(C)c(C)c1-c1cc(C(=O)NCC2CN(Cc3ccccc3)CCO2)[nH]n1. The standard InChI is InChI=1S/C22H28N6O2/c1-15-21(16(2)27(3)26-15)19-11-20(25-24-19)22(29)23-12-18-14-28(9-10-30-18)13-17-7-5-4-6-8-17/h4-8,11,18H,9-10,12-14H2,1-3H3,(H,23,29)(H,24,25). The first-order valence-corrected chi connectivity index (χ1v) is 10.2. The van der Waals surface area contributed by atoms with Crippen LogP contribution in [0.5, 0.6) is 0 Å². The largest absolute Gasteiger partial charge is 0.374 e. The number of H-pyrrole nitrogens is 1. The van der Waals surface area contributed by atoms with E-state index in [1.807, 2.05) is 31.6 Å². The topological polar surface area (TPSA) is 88.1 Å². The van der Waals surface area contributed by atoms with Gasteiger partial charge in [-0.1, -0.05) is 30.3 Å². The average molecular weight is 409 g/mol. The first-order valence-electron chi connectivity index (χ1n) is 10.2. The molecule has 1 amide bonds. The third-order valence-electron chi connectivity index (χ3n) is 5.55. The number of aromatic amines is 1. The lowest BCUT2D eigenvalue weighted by Crippen LogP contribution is -2.47. The zero-order valence-corrected chi connectivity index (χ0v) is 17.7. The summed E-state index contributed by atoms with van der Waals surface area (Å²) in [4.78, 5) is 15.0. The summed E-state index contributed by atoms with van der Waals surface area (Å²) in [6, 6.07) is 12.2. The zero-order chi connectivity index (χ0) is 21.1. The number of aryl methyl sites for hydroxylation is 2. The van der Waals surface area contributed by atoms with Crippen LogP contribution < -0.4 is 5.32 Å². The Bertz CT molecular complexity index is 1010. The van der Waals surface area contributed by atoms with E-state index in [-0.39, 0.29) is 12.0 Å². The maximum absolute atomic E-state index is 12.6. The number of rotatable bonds is 6. The summed E-state index contributed by atoms with van der Waals surface area (Å²) < 4.78 is 7.67. The molecule has 0 spiro atoms. The van der Waals surface area contributed by atoms with Crippen LogP contribution in [0.2, 0.25) is 0 Å². The van der Waals surface area contributed by atoms with Crippen molar-refractivity contribution in [3.63, 3.8) is 0 Å². The van der Waals surface area contributed by atoms with E-state index in [4.69, 9.17) is 4.74 Å². The van der Waals surface area contributed by atoms with Gasteiger partial charge < -0.3 is 10.1 Å². The summed E-state index contributed by atoms with van der Waals surface area (Å²) in [7, 11) is 1.90. The van der Waals surface area contributed by atoms with Gasteiger partial charge in [-0.15, -0.1) is 0 Å². The average Bonchev–Trinajstić information content (AvgIpc) is 3.31. The van der Waals surface area contributed by atoms with E-state index in [1.165, 1.54) is 5.56 Å². The van der Waals surface area contributed by atoms with Crippen molar-refractivity contribution in [3.05, 3.63) is 59.0 Å². The monoisotopic (exact) mass is 408 g/mol. The van der Waals surface area contributed by atoms with Gasteiger partial charge in [0.1, 0.15) is 5.69 Å². The Kier molecular flexibility index (Phi) is 5.96.